The van der Waals surface area contributed by atoms with Crippen LogP contribution >= 0.6 is 0 Å². The molecule has 3 atom stereocenters. The first-order valence-electron chi connectivity index (χ1n) is 6.79. The maximum atomic E-state index is 12.4. The molecule has 104 valence electrons. The second-order valence-corrected chi connectivity index (χ2v) is 5.46. The predicted molar refractivity (Wildman–Crippen MR) is 71.4 cm³/mol. The number of hydrogen-bond acceptors (Lipinski definition) is 3. The zero-order valence-electron chi connectivity index (χ0n) is 11.7. The molecule has 0 saturated carbocycles. The minimum Gasteiger partial charge on any atom is -0.348 e. The van der Waals surface area contributed by atoms with Crippen molar-refractivity contribution in [2.24, 2.45) is 11.8 Å². The van der Waals surface area contributed by atoms with Crippen LogP contribution in [0.15, 0.2) is 12.5 Å². The number of carbonyl (C=O) groups is 2. The van der Waals surface area contributed by atoms with E-state index in [2.05, 4.69) is 9.97 Å². The van der Waals surface area contributed by atoms with Crippen LogP contribution in [0.4, 0.5) is 0 Å². The van der Waals surface area contributed by atoms with Crippen molar-refractivity contribution >= 4 is 11.7 Å². The van der Waals surface area contributed by atoms with Gasteiger partial charge in [-0.25, -0.2) is 4.98 Å². The molecule has 0 aliphatic carbocycles. The van der Waals surface area contributed by atoms with Crippen LogP contribution in [0.1, 0.15) is 32.9 Å². The average Bonchev–Trinajstić information content (AvgIpc) is 2.97. The molecule has 5 nitrogen and oxygen atoms in total. The van der Waals surface area contributed by atoms with Gasteiger partial charge < -0.3 is 9.88 Å². The largest absolute Gasteiger partial charge is 0.348 e. The second kappa shape index (κ2) is 5.55. The molecule has 1 saturated heterocycles. The normalized spacial score (nSPS) is 24.5. The Hall–Kier alpha value is -1.65. The van der Waals surface area contributed by atoms with Gasteiger partial charge in [-0.3, -0.25) is 9.59 Å². The SMILES string of the molecule is CC(=O)[C@@H]1CCN(C(=O)[C@@H](C)Cc2cnc[nH]2)C1C. The van der Waals surface area contributed by atoms with E-state index in [0.717, 1.165) is 12.1 Å². The second-order valence-electron chi connectivity index (χ2n) is 5.46. The lowest BCUT2D eigenvalue weighted by molar-refractivity contribution is -0.136. The Labute approximate surface area is 113 Å². The number of nitrogens with one attached hydrogen (secondary N) is 1. The Morgan fingerprint density at radius 2 is 2.32 bits per heavy atom. The van der Waals surface area contributed by atoms with Gasteiger partial charge in [-0.05, 0) is 20.3 Å². The summed E-state index contributed by atoms with van der Waals surface area (Å²) in [5.41, 5.74) is 0.968. The quantitative estimate of drug-likeness (QED) is 0.893. The monoisotopic (exact) mass is 263 g/mol. The number of hydrogen-bond donors (Lipinski definition) is 1. The van der Waals surface area contributed by atoms with Crippen molar-refractivity contribution in [1.82, 2.24) is 14.9 Å². The minimum atomic E-state index is -0.0893. The van der Waals surface area contributed by atoms with Crippen LogP contribution in [0.3, 0.4) is 0 Å². The smallest absolute Gasteiger partial charge is 0.226 e. The molecule has 19 heavy (non-hydrogen) atoms. The molecule has 1 N–H and O–H groups in total. The molecule has 2 rings (SSSR count). The van der Waals surface area contributed by atoms with E-state index in [4.69, 9.17) is 0 Å². The topological polar surface area (TPSA) is 66.1 Å². The number of carbonyl (C=O) groups excluding carboxylic acids is 2. The summed E-state index contributed by atoms with van der Waals surface area (Å²) < 4.78 is 0. The number of rotatable bonds is 4. The molecular formula is C14H21N3O2. The molecule has 1 fully saturated rings. The summed E-state index contributed by atoms with van der Waals surface area (Å²) in [5.74, 6) is 0.229. The highest BCUT2D eigenvalue weighted by atomic mass is 16.2. The van der Waals surface area contributed by atoms with Crippen LogP contribution in [-0.4, -0.2) is 39.1 Å². The van der Waals surface area contributed by atoms with Crippen molar-refractivity contribution in [3.8, 4) is 0 Å². The number of amides is 1. The summed E-state index contributed by atoms with van der Waals surface area (Å²) in [6.45, 7) is 6.21. The van der Waals surface area contributed by atoms with Crippen molar-refractivity contribution in [2.45, 2.75) is 39.7 Å². The number of nitrogens with zero attached hydrogens (tertiary/aromatic N) is 2. The molecule has 1 aromatic rings. The number of aromatic nitrogens is 2. The van der Waals surface area contributed by atoms with E-state index in [9.17, 15) is 9.59 Å². The fourth-order valence-electron chi connectivity index (χ4n) is 2.89. The molecule has 1 aliphatic heterocycles. The van der Waals surface area contributed by atoms with Gasteiger partial charge in [0, 0.05) is 42.7 Å². The van der Waals surface area contributed by atoms with Gasteiger partial charge in [0.2, 0.25) is 5.91 Å². The fraction of sp³-hybridized carbons (Fsp3) is 0.643. The predicted octanol–water partition coefficient (Wildman–Crippen LogP) is 1.41. The van der Waals surface area contributed by atoms with E-state index in [0.29, 0.717) is 13.0 Å². The van der Waals surface area contributed by atoms with Crippen molar-refractivity contribution in [3.63, 3.8) is 0 Å². The van der Waals surface area contributed by atoms with Gasteiger partial charge >= 0.3 is 0 Å². The highest BCUT2D eigenvalue weighted by Gasteiger charge is 2.37. The van der Waals surface area contributed by atoms with Crippen molar-refractivity contribution in [2.75, 3.05) is 6.54 Å². The van der Waals surface area contributed by atoms with Gasteiger partial charge in [-0.15, -0.1) is 0 Å². The number of ketones is 1. The summed E-state index contributed by atoms with van der Waals surface area (Å²) in [5, 5.41) is 0. The van der Waals surface area contributed by atoms with E-state index >= 15 is 0 Å². The van der Waals surface area contributed by atoms with E-state index in [1.54, 1.807) is 19.4 Å². The van der Waals surface area contributed by atoms with E-state index in [1.165, 1.54) is 0 Å². The molecule has 2 heterocycles. The van der Waals surface area contributed by atoms with Gasteiger partial charge in [0.1, 0.15) is 5.78 Å². The Morgan fingerprint density at radius 3 is 2.84 bits per heavy atom. The van der Waals surface area contributed by atoms with Gasteiger partial charge in [0.25, 0.3) is 0 Å². The van der Waals surface area contributed by atoms with Crippen LogP contribution < -0.4 is 0 Å². The van der Waals surface area contributed by atoms with Gasteiger partial charge in [-0.1, -0.05) is 6.92 Å². The van der Waals surface area contributed by atoms with Gasteiger partial charge in [0.15, 0.2) is 0 Å². The molecule has 1 unspecified atom stereocenters. The summed E-state index contributed by atoms with van der Waals surface area (Å²) in [7, 11) is 0. The third-order valence-corrected chi connectivity index (χ3v) is 4.06. The summed E-state index contributed by atoms with van der Waals surface area (Å²) in [6.07, 6.45) is 4.82. The summed E-state index contributed by atoms with van der Waals surface area (Å²) in [4.78, 5) is 32.8. The third-order valence-electron chi connectivity index (χ3n) is 4.06. The van der Waals surface area contributed by atoms with Crippen molar-refractivity contribution < 1.29 is 9.59 Å². The Balaban J connectivity index is 1.98. The van der Waals surface area contributed by atoms with Crippen LogP contribution in [0.5, 0.6) is 0 Å². The molecular weight excluding hydrogens is 242 g/mol. The van der Waals surface area contributed by atoms with Crippen molar-refractivity contribution in [3.05, 3.63) is 18.2 Å². The number of H-pyrrole nitrogens is 1. The number of imidazole rings is 1. The molecule has 0 aromatic carbocycles. The molecule has 1 aromatic heterocycles. The van der Waals surface area contributed by atoms with Gasteiger partial charge in [0.05, 0.1) is 6.33 Å². The zero-order chi connectivity index (χ0) is 14.0. The highest BCUT2D eigenvalue weighted by Crippen LogP contribution is 2.26. The lowest BCUT2D eigenvalue weighted by Gasteiger charge is -2.26. The maximum Gasteiger partial charge on any atom is 0.226 e. The number of Topliss-reactive ketones (excluding diaryl/α,β-unsaturated/α-hetero) is 1. The van der Waals surface area contributed by atoms with E-state index in [1.807, 2.05) is 18.7 Å². The Morgan fingerprint density at radius 1 is 1.58 bits per heavy atom. The molecule has 1 aliphatic rings. The average molecular weight is 263 g/mol. The van der Waals surface area contributed by atoms with Crippen LogP contribution in [0.25, 0.3) is 0 Å². The third kappa shape index (κ3) is 2.85. The first kappa shape index (κ1) is 13.8. The first-order chi connectivity index (χ1) is 9.00. The van der Waals surface area contributed by atoms with Gasteiger partial charge in [-0.2, -0.15) is 0 Å². The van der Waals surface area contributed by atoms with Crippen LogP contribution in [0.2, 0.25) is 0 Å². The summed E-state index contributed by atoms with van der Waals surface area (Å²) >= 11 is 0. The molecule has 5 heteroatoms. The van der Waals surface area contributed by atoms with Crippen LogP contribution in [-0.2, 0) is 16.0 Å². The number of likely N-dealkylation sites (tertiary alicyclic amines) is 1. The lowest BCUT2D eigenvalue weighted by atomic mass is 9.97. The minimum absolute atomic E-state index is 0.00306. The number of aromatic amines is 1. The first-order valence-corrected chi connectivity index (χ1v) is 6.79. The molecule has 0 spiro atoms. The van der Waals surface area contributed by atoms with E-state index < -0.39 is 0 Å². The molecule has 0 bridgehead atoms. The maximum absolute atomic E-state index is 12.4. The Bertz CT molecular complexity index is 455. The molecule has 1 amide bonds. The standard InChI is InChI=1S/C14H21N3O2/c1-9(6-12-7-15-8-16-12)14(19)17-5-4-13(10(17)2)11(3)18/h7-10,13H,4-6H2,1-3H3,(H,15,16)/t9-,10?,13+/m0/s1. The van der Waals surface area contributed by atoms with E-state index in [-0.39, 0.29) is 29.6 Å². The Kier molecular flexibility index (Phi) is 4.02. The van der Waals surface area contributed by atoms with Crippen molar-refractivity contribution in [1.29, 1.82) is 0 Å². The fourth-order valence-corrected chi connectivity index (χ4v) is 2.89. The zero-order valence-corrected chi connectivity index (χ0v) is 11.7. The highest BCUT2D eigenvalue weighted by molar-refractivity contribution is 5.83. The lowest BCUT2D eigenvalue weighted by Crippen LogP contribution is -2.40. The molecule has 0 radical (unpaired) electrons. The van der Waals surface area contributed by atoms with Crippen LogP contribution in [0, 0.1) is 11.8 Å². The summed E-state index contributed by atoms with van der Waals surface area (Å²) in [6, 6.07) is 0.0224.